The Kier molecular flexibility index (Phi) is 5.44. The number of likely N-dealkylation sites (tertiary alicyclic amines) is 1. The molecule has 5 nitrogen and oxygen atoms in total. The van der Waals surface area contributed by atoms with Gasteiger partial charge in [0.15, 0.2) is 0 Å². The highest BCUT2D eigenvalue weighted by Crippen LogP contribution is 2.22. The normalized spacial score (nSPS) is 19.2. The Morgan fingerprint density at radius 3 is 2.83 bits per heavy atom. The van der Waals surface area contributed by atoms with Gasteiger partial charge >= 0.3 is 5.63 Å². The van der Waals surface area contributed by atoms with Crippen molar-refractivity contribution in [2.45, 2.75) is 38.3 Å². The number of para-hydroxylation sites is 1. The third kappa shape index (κ3) is 3.41. The van der Waals surface area contributed by atoms with Crippen molar-refractivity contribution in [3.8, 4) is 0 Å². The fraction of sp³-hybridized carbons (Fsp3) is 0.412. The SMILES string of the molecule is CC(N)C1CCCCN1C(=O)c1cc2ccccc2oc1=O.Cl. The number of nitrogens with two attached hydrogens (primary N) is 1. The van der Waals surface area contributed by atoms with Crippen molar-refractivity contribution in [3.63, 3.8) is 0 Å². The number of hydrogen-bond donors (Lipinski definition) is 1. The van der Waals surface area contributed by atoms with Gasteiger partial charge in [0, 0.05) is 24.0 Å². The van der Waals surface area contributed by atoms with Gasteiger partial charge in [0.25, 0.3) is 5.91 Å². The monoisotopic (exact) mass is 336 g/mol. The van der Waals surface area contributed by atoms with E-state index in [1.54, 1.807) is 23.1 Å². The molecule has 1 aliphatic rings. The lowest BCUT2D eigenvalue weighted by atomic mass is 9.96. The molecule has 0 radical (unpaired) electrons. The lowest BCUT2D eigenvalue weighted by Crippen LogP contribution is -2.52. The number of amides is 1. The van der Waals surface area contributed by atoms with Crippen LogP contribution in [0.4, 0.5) is 0 Å². The van der Waals surface area contributed by atoms with E-state index in [1.165, 1.54) is 0 Å². The average molecular weight is 337 g/mol. The highest BCUT2D eigenvalue weighted by Gasteiger charge is 2.31. The second-order valence-corrected chi connectivity index (χ2v) is 5.91. The number of halogens is 1. The van der Waals surface area contributed by atoms with Gasteiger partial charge in [-0.1, -0.05) is 18.2 Å². The summed E-state index contributed by atoms with van der Waals surface area (Å²) in [6, 6.07) is 8.68. The van der Waals surface area contributed by atoms with Crippen LogP contribution >= 0.6 is 12.4 Å². The molecular formula is C17H21ClN2O3. The molecule has 2 unspecified atom stereocenters. The summed E-state index contributed by atoms with van der Waals surface area (Å²) in [6.07, 6.45) is 2.87. The third-order valence-electron chi connectivity index (χ3n) is 4.29. The molecule has 1 fully saturated rings. The van der Waals surface area contributed by atoms with Crippen LogP contribution in [0, 0.1) is 0 Å². The molecule has 3 rings (SSSR count). The molecule has 0 bridgehead atoms. The van der Waals surface area contributed by atoms with Gasteiger partial charge in [-0.3, -0.25) is 4.79 Å². The summed E-state index contributed by atoms with van der Waals surface area (Å²) < 4.78 is 5.27. The number of benzene rings is 1. The molecule has 1 saturated heterocycles. The lowest BCUT2D eigenvalue weighted by Gasteiger charge is -2.37. The van der Waals surface area contributed by atoms with Gasteiger partial charge in [-0.15, -0.1) is 12.4 Å². The molecule has 1 aromatic carbocycles. The first-order chi connectivity index (χ1) is 10.6. The minimum Gasteiger partial charge on any atom is -0.422 e. The van der Waals surface area contributed by atoms with Crippen molar-refractivity contribution < 1.29 is 9.21 Å². The Balaban J connectivity index is 0.00000192. The molecule has 2 aromatic rings. The molecule has 23 heavy (non-hydrogen) atoms. The van der Waals surface area contributed by atoms with Crippen LogP contribution in [0.5, 0.6) is 0 Å². The molecule has 6 heteroatoms. The van der Waals surface area contributed by atoms with Gasteiger partial charge in [-0.2, -0.15) is 0 Å². The quantitative estimate of drug-likeness (QED) is 0.855. The van der Waals surface area contributed by atoms with E-state index in [0.29, 0.717) is 12.1 Å². The second kappa shape index (κ2) is 7.15. The van der Waals surface area contributed by atoms with E-state index >= 15 is 0 Å². The lowest BCUT2D eigenvalue weighted by molar-refractivity contribution is 0.0579. The summed E-state index contributed by atoms with van der Waals surface area (Å²) >= 11 is 0. The number of fused-ring (bicyclic) bond motifs is 1. The zero-order chi connectivity index (χ0) is 15.7. The molecule has 2 N–H and O–H groups in total. The molecule has 2 heterocycles. The van der Waals surface area contributed by atoms with Crippen molar-refractivity contribution in [1.29, 1.82) is 0 Å². The molecule has 124 valence electrons. The Labute approximate surface area is 140 Å². The Morgan fingerprint density at radius 2 is 2.09 bits per heavy atom. The van der Waals surface area contributed by atoms with Crippen LogP contribution in [0.2, 0.25) is 0 Å². The second-order valence-electron chi connectivity index (χ2n) is 5.91. The van der Waals surface area contributed by atoms with Gasteiger partial charge in [0.1, 0.15) is 11.1 Å². The molecule has 1 aromatic heterocycles. The van der Waals surface area contributed by atoms with E-state index in [9.17, 15) is 9.59 Å². The maximum absolute atomic E-state index is 12.8. The molecule has 0 spiro atoms. The topological polar surface area (TPSA) is 76.5 Å². The van der Waals surface area contributed by atoms with Crippen LogP contribution in [-0.4, -0.2) is 29.4 Å². The molecule has 2 atom stereocenters. The van der Waals surface area contributed by atoms with Crippen LogP contribution in [0.3, 0.4) is 0 Å². The molecular weight excluding hydrogens is 316 g/mol. The van der Waals surface area contributed by atoms with Gasteiger partial charge in [-0.05, 0) is 38.3 Å². The highest BCUT2D eigenvalue weighted by molar-refractivity contribution is 5.96. The predicted molar refractivity (Wildman–Crippen MR) is 92.1 cm³/mol. The summed E-state index contributed by atoms with van der Waals surface area (Å²) in [5.41, 5.74) is 6.00. The first-order valence-electron chi connectivity index (χ1n) is 7.67. The van der Waals surface area contributed by atoms with Gasteiger partial charge in [0.2, 0.25) is 0 Å². The zero-order valence-electron chi connectivity index (χ0n) is 13.0. The summed E-state index contributed by atoms with van der Waals surface area (Å²) in [6.45, 7) is 2.54. The summed E-state index contributed by atoms with van der Waals surface area (Å²) in [5.74, 6) is -0.276. The number of carbonyl (C=O) groups is 1. The van der Waals surface area contributed by atoms with Crippen molar-refractivity contribution >= 4 is 29.3 Å². The van der Waals surface area contributed by atoms with Crippen LogP contribution in [0.25, 0.3) is 11.0 Å². The van der Waals surface area contributed by atoms with Gasteiger partial charge in [0.05, 0.1) is 0 Å². The largest absolute Gasteiger partial charge is 0.422 e. The van der Waals surface area contributed by atoms with Crippen molar-refractivity contribution in [3.05, 3.63) is 46.3 Å². The minimum atomic E-state index is -0.585. The van der Waals surface area contributed by atoms with E-state index in [0.717, 1.165) is 24.6 Å². The average Bonchev–Trinajstić information content (AvgIpc) is 2.53. The van der Waals surface area contributed by atoms with E-state index < -0.39 is 5.63 Å². The fourth-order valence-electron chi connectivity index (χ4n) is 3.12. The van der Waals surface area contributed by atoms with E-state index in [4.69, 9.17) is 10.2 Å². The third-order valence-corrected chi connectivity index (χ3v) is 4.29. The first-order valence-corrected chi connectivity index (χ1v) is 7.67. The van der Waals surface area contributed by atoms with Gasteiger partial charge < -0.3 is 15.1 Å². The highest BCUT2D eigenvalue weighted by atomic mass is 35.5. The van der Waals surface area contributed by atoms with Crippen LogP contribution in [-0.2, 0) is 0 Å². The first kappa shape index (κ1) is 17.5. The smallest absolute Gasteiger partial charge is 0.349 e. The van der Waals surface area contributed by atoms with E-state index in [-0.39, 0.29) is 36.0 Å². The molecule has 0 saturated carbocycles. The Hall–Kier alpha value is -1.85. The van der Waals surface area contributed by atoms with Gasteiger partial charge in [-0.25, -0.2) is 4.79 Å². The number of carbonyl (C=O) groups excluding carboxylic acids is 1. The maximum Gasteiger partial charge on any atom is 0.349 e. The number of rotatable bonds is 2. The van der Waals surface area contributed by atoms with Crippen LogP contribution in [0.15, 0.2) is 39.5 Å². The molecule has 1 aliphatic heterocycles. The van der Waals surface area contributed by atoms with E-state index in [1.807, 2.05) is 19.1 Å². The minimum absolute atomic E-state index is 0. The molecule has 0 aliphatic carbocycles. The fourth-order valence-corrected chi connectivity index (χ4v) is 3.12. The zero-order valence-corrected chi connectivity index (χ0v) is 13.8. The van der Waals surface area contributed by atoms with Crippen molar-refractivity contribution in [2.75, 3.05) is 6.54 Å². The summed E-state index contributed by atoms with van der Waals surface area (Å²) in [4.78, 5) is 26.7. The van der Waals surface area contributed by atoms with E-state index in [2.05, 4.69) is 0 Å². The summed E-state index contributed by atoms with van der Waals surface area (Å²) in [7, 11) is 0. The standard InChI is InChI=1S/C17H20N2O3.ClH/c1-11(18)14-7-4-5-9-19(14)16(20)13-10-12-6-2-3-8-15(12)22-17(13)21;/h2-3,6,8,10-11,14H,4-5,7,9,18H2,1H3;1H. The Morgan fingerprint density at radius 1 is 1.35 bits per heavy atom. The number of nitrogens with zero attached hydrogens (tertiary/aromatic N) is 1. The van der Waals surface area contributed by atoms with Crippen LogP contribution < -0.4 is 11.4 Å². The van der Waals surface area contributed by atoms with Crippen molar-refractivity contribution in [2.24, 2.45) is 5.73 Å². The predicted octanol–water partition coefficient (Wildman–Crippen LogP) is 2.56. The summed E-state index contributed by atoms with van der Waals surface area (Å²) in [5, 5.41) is 0.750. The maximum atomic E-state index is 12.8. The Bertz CT molecular complexity index is 757. The number of piperidine rings is 1. The van der Waals surface area contributed by atoms with Crippen molar-refractivity contribution in [1.82, 2.24) is 4.90 Å². The van der Waals surface area contributed by atoms with Crippen LogP contribution in [0.1, 0.15) is 36.5 Å². The molecule has 1 amide bonds. The number of hydrogen-bond acceptors (Lipinski definition) is 4.